The topological polar surface area (TPSA) is 26.3 Å². The highest BCUT2D eigenvalue weighted by atomic mass is 16.5. The molecule has 0 fully saturated rings. The largest absolute Gasteiger partial charge is 0.466 e. The highest BCUT2D eigenvalue weighted by Gasteiger charge is 2.10. The zero-order valence-corrected chi connectivity index (χ0v) is 12.0. The molecule has 0 N–H and O–H groups in total. The predicted molar refractivity (Wildman–Crippen MR) is 73.0 cm³/mol. The number of carbonyl (C=O) groups is 1. The number of carbonyl (C=O) groups excluding carboxylic acids is 1. The van der Waals surface area contributed by atoms with Crippen molar-refractivity contribution in [3.63, 3.8) is 0 Å². The molecule has 0 aliphatic carbocycles. The van der Waals surface area contributed by atoms with Crippen LogP contribution in [0.25, 0.3) is 0 Å². The van der Waals surface area contributed by atoms with Gasteiger partial charge in [0.15, 0.2) is 0 Å². The maximum absolute atomic E-state index is 11.5. The van der Waals surface area contributed by atoms with E-state index >= 15 is 0 Å². The first-order valence-electron chi connectivity index (χ1n) is 6.94. The SMILES string of the molecule is CCCCCCCC(CCC)=C(C)C(=O)OC. The summed E-state index contributed by atoms with van der Waals surface area (Å²) < 4.78 is 4.79. The van der Waals surface area contributed by atoms with Crippen molar-refractivity contribution in [2.24, 2.45) is 0 Å². The van der Waals surface area contributed by atoms with Crippen LogP contribution in [0, 0.1) is 0 Å². The molecule has 100 valence electrons. The summed E-state index contributed by atoms with van der Waals surface area (Å²) in [5, 5.41) is 0. The molecule has 0 amide bonds. The van der Waals surface area contributed by atoms with Crippen molar-refractivity contribution < 1.29 is 9.53 Å². The first kappa shape index (κ1) is 16.2. The molecule has 0 saturated carbocycles. The first-order chi connectivity index (χ1) is 8.17. The average Bonchev–Trinajstić information content (AvgIpc) is 2.35. The standard InChI is InChI=1S/C15H28O2/c1-5-7-8-9-10-12-14(11-6-2)13(3)15(16)17-4/h5-12H2,1-4H3. The molecule has 0 atom stereocenters. The molecular formula is C15H28O2. The summed E-state index contributed by atoms with van der Waals surface area (Å²) in [6.45, 7) is 6.27. The number of ether oxygens (including phenoxy) is 1. The molecular weight excluding hydrogens is 212 g/mol. The van der Waals surface area contributed by atoms with Crippen LogP contribution in [0.4, 0.5) is 0 Å². The van der Waals surface area contributed by atoms with Crippen LogP contribution in [0.2, 0.25) is 0 Å². The molecule has 0 aliphatic rings. The van der Waals surface area contributed by atoms with E-state index in [1.54, 1.807) is 0 Å². The van der Waals surface area contributed by atoms with E-state index in [4.69, 9.17) is 4.74 Å². The predicted octanol–water partition coefficient (Wildman–Crippen LogP) is 4.64. The van der Waals surface area contributed by atoms with E-state index in [2.05, 4.69) is 13.8 Å². The number of methoxy groups -OCH3 is 1. The Labute approximate surface area is 106 Å². The van der Waals surface area contributed by atoms with Crippen LogP contribution in [0.1, 0.15) is 72.1 Å². The van der Waals surface area contributed by atoms with Crippen molar-refractivity contribution >= 4 is 5.97 Å². The molecule has 17 heavy (non-hydrogen) atoms. The van der Waals surface area contributed by atoms with Gasteiger partial charge in [0.05, 0.1) is 7.11 Å². The van der Waals surface area contributed by atoms with E-state index in [9.17, 15) is 4.79 Å². The van der Waals surface area contributed by atoms with E-state index < -0.39 is 0 Å². The summed E-state index contributed by atoms with van der Waals surface area (Å²) in [6, 6.07) is 0. The van der Waals surface area contributed by atoms with E-state index in [0.717, 1.165) is 24.8 Å². The van der Waals surface area contributed by atoms with Gasteiger partial charge in [-0.2, -0.15) is 0 Å². The summed E-state index contributed by atoms with van der Waals surface area (Å²) in [5.74, 6) is -0.165. The fourth-order valence-corrected chi connectivity index (χ4v) is 2.04. The second-order valence-corrected chi connectivity index (χ2v) is 4.63. The lowest BCUT2D eigenvalue weighted by Crippen LogP contribution is -2.05. The third kappa shape index (κ3) is 7.19. The van der Waals surface area contributed by atoms with Crippen LogP contribution in [0.3, 0.4) is 0 Å². The summed E-state index contributed by atoms with van der Waals surface area (Å²) in [6.07, 6.45) is 9.56. The number of allylic oxidation sites excluding steroid dienone is 1. The van der Waals surface area contributed by atoms with E-state index in [0.29, 0.717) is 0 Å². The lowest BCUT2D eigenvalue weighted by Gasteiger charge is -2.10. The summed E-state index contributed by atoms with van der Waals surface area (Å²) in [4.78, 5) is 11.5. The molecule has 0 bridgehead atoms. The molecule has 2 heteroatoms. The number of unbranched alkanes of at least 4 members (excludes halogenated alkanes) is 4. The molecule has 0 aromatic rings. The van der Waals surface area contributed by atoms with Crippen LogP contribution < -0.4 is 0 Å². The highest BCUT2D eigenvalue weighted by molar-refractivity contribution is 5.88. The van der Waals surface area contributed by atoms with Crippen molar-refractivity contribution in [1.29, 1.82) is 0 Å². The smallest absolute Gasteiger partial charge is 0.333 e. The van der Waals surface area contributed by atoms with E-state index in [1.807, 2.05) is 6.92 Å². The molecule has 0 saturated heterocycles. The van der Waals surface area contributed by atoms with Gasteiger partial charge in [0.1, 0.15) is 0 Å². The van der Waals surface area contributed by atoms with Crippen molar-refractivity contribution in [3.8, 4) is 0 Å². The van der Waals surface area contributed by atoms with Crippen molar-refractivity contribution in [2.75, 3.05) is 7.11 Å². The monoisotopic (exact) mass is 240 g/mol. The molecule has 0 aromatic carbocycles. The fraction of sp³-hybridized carbons (Fsp3) is 0.800. The minimum Gasteiger partial charge on any atom is -0.466 e. The lowest BCUT2D eigenvalue weighted by molar-refractivity contribution is -0.136. The van der Waals surface area contributed by atoms with Crippen LogP contribution in [0.15, 0.2) is 11.1 Å². The molecule has 0 spiro atoms. The first-order valence-corrected chi connectivity index (χ1v) is 6.94. The molecule has 0 radical (unpaired) electrons. The number of hydrogen-bond donors (Lipinski definition) is 0. The third-order valence-electron chi connectivity index (χ3n) is 3.16. The summed E-state index contributed by atoms with van der Waals surface area (Å²) in [7, 11) is 1.46. The second kappa shape index (κ2) is 10.4. The molecule has 0 rings (SSSR count). The molecule has 0 unspecified atom stereocenters. The minimum absolute atomic E-state index is 0.165. The Kier molecular flexibility index (Phi) is 9.89. The molecule has 2 nitrogen and oxygen atoms in total. The maximum Gasteiger partial charge on any atom is 0.333 e. The van der Waals surface area contributed by atoms with Gasteiger partial charge in [0.2, 0.25) is 0 Å². The van der Waals surface area contributed by atoms with E-state index in [-0.39, 0.29) is 5.97 Å². The number of rotatable bonds is 9. The van der Waals surface area contributed by atoms with Crippen LogP contribution in [0.5, 0.6) is 0 Å². The number of esters is 1. The van der Waals surface area contributed by atoms with Crippen LogP contribution >= 0.6 is 0 Å². The Bertz CT molecular complexity index is 241. The zero-order valence-electron chi connectivity index (χ0n) is 12.0. The van der Waals surface area contributed by atoms with Gasteiger partial charge in [-0.05, 0) is 26.2 Å². The summed E-state index contributed by atoms with van der Waals surface area (Å²) in [5.41, 5.74) is 2.11. The van der Waals surface area contributed by atoms with Gasteiger partial charge < -0.3 is 4.74 Å². The van der Waals surface area contributed by atoms with Crippen LogP contribution in [-0.2, 0) is 9.53 Å². The normalized spacial score (nSPS) is 12.2. The Hall–Kier alpha value is -0.790. The van der Waals surface area contributed by atoms with Crippen LogP contribution in [-0.4, -0.2) is 13.1 Å². The fourth-order valence-electron chi connectivity index (χ4n) is 2.04. The molecule has 0 aromatic heterocycles. The Balaban J connectivity index is 4.18. The molecule has 0 heterocycles. The average molecular weight is 240 g/mol. The van der Waals surface area contributed by atoms with Crippen molar-refractivity contribution in [2.45, 2.75) is 72.1 Å². The third-order valence-corrected chi connectivity index (χ3v) is 3.16. The van der Waals surface area contributed by atoms with Gasteiger partial charge in [-0.25, -0.2) is 4.79 Å². The Morgan fingerprint density at radius 2 is 1.59 bits per heavy atom. The zero-order chi connectivity index (χ0) is 13.1. The molecule has 0 aliphatic heterocycles. The van der Waals surface area contributed by atoms with Crippen molar-refractivity contribution in [3.05, 3.63) is 11.1 Å². The summed E-state index contributed by atoms with van der Waals surface area (Å²) >= 11 is 0. The quantitative estimate of drug-likeness (QED) is 0.333. The van der Waals surface area contributed by atoms with Gasteiger partial charge in [-0.15, -0.1) is 0 Å². The van der Waals surface area contributed by atoms with Gasteiger partial charge in [0, 0.05) is 5.57 Å². The Morgan fingerprint density at radius 3 is 2.12 bits per heavy atom. The second-order valence-electron chi connectivity index (χ2n) is 4.63. The lowest BCUT2D eigenvalue weighted by atomic mass is 9.98. The van der Waals surface area contributed by atoms with Gasteiger partial charge >= 0.3 is 5.97 Å². The highest BCUT2D eigenvalue weighted by Crippen LogP contribution is 2.20. The van der Waals surface area contributed by atoms with Gasteiger partial charge in [-0.1, -0.05) is 51.5 Å². The van der Waals surface area contributed by atoms with Gasteiger partial charge in [0.25, 0.3) is 0 Å². The van der Waals surface area contributed by atoms with Crippen molar-refractivity contribution in [1.82, 2.24) is 0 Å². The van der Waals surface area contributed by atoms with E-state index in [1.165, 1.54) is 44.8 Å². The Morgan fingerprint density at radius 1 is 0.941 bits per heavy atom. The van der Waals surface area contributed by atoms with Gasteiger partial charge in [-0.3, -0.25) is 0 Å². The maximum atomic E-state index is 11.5. The number of hydrogen-bond acceptors (Lipinski definition) is 2. The minimum atomic E-state index is -0.165.